The van der Waals surface area contributed by atoms with E-state index in [2.05, 4.69) is 10.6 Å². The largest absolute Gasteiger partial charge is 0.491 e. The molecule has 2 aromatic rings. The maximum absolute atomic E-state index is 13.3. The molecule has 2 saturated heterocycles. The fraction of sp³-hybridized carbons (Fsp3) is 0.519. The van der Waals surface area contributed by atoms with Gasteiger partial charge in [-0.2, -0.15) is 4.31 Å². The maximum Gasteiger partial charge on any atom is 0.262 e. The predicted molar refractivity (Wildman–Crippen MR) is 152 cm³/mol. The smallest absolute Gasteiger partial charge is 0.262 e. The Hall–Kier alpha value is -2.79. The van der Waals surface area contributed by atoms with Crippen molar-refractivity contribution in [2.24, 2.45) is 0 Å². The number of sulfonamides is 2. The molecule has 0 bridgehead atoms. The van der Waals surface area contributed by atoms with Gasteiger partial charge in [-0.3, -0.25) is 4.79 Å². The molecule has 3 aliphatic rings. The van der Waals surface area contributed by atoms with Crippen molar-refractivity contribution in [2.75, 3.05) is 58.9 Å². The molecule has 3 heterocycles. The lowest BCUT2D eigenvalue weighted by Gasteiger charge is -2.38. The topological polar surface area (TPSA) is 164 Å². The first-order valence-electron chi connectivity index (χ1n) is 13.7. The highest BCUT2D eigenvalue weighted by Crippen LogP contribution is 2.38. The average Bonchev–Trinajstić information content (AvgIpc) is 3.36. The number of hydrogen-bond donors (Lipinski definition) is 3. The van der Waals surface area contributed by atoms with Crippen LogP contribution in [0.15, 0.2) is 52.3 Å². The Labute approximate surface area is 245 Å². The van der Waals surface area contributed by atoms with Crippen LogP contribution in [-0.2, 0) is 29.6 Å². The SMILES string of the molecule is CN(C)S(=O)(=O)c1cccc(OCC(O)CNC2COC3(CCN(S(=O)(=O)c4ccc5c(c4)NC(=O)CO5)CC3)C2)c1. The van der Waals surface area contributed by atoms with Crippen LogP contribution < -0.4 is 20.1 Å². The molecule has 0 radical (unpaired) electrons. The van der Waals surface area contributed by atoms with Crippen LogP contribution in [0.25, 0.3) is 0 Å². The number of carbonyl (C=O) groups excluding carboxylic acids is 1. The van der Waals surface area contributed by atoms with Crippen LogP contribution in [-0.4, -0.2) is 108 Å². The minimum Gasteiger partial charge on any atom is -0.491 e. The normalized spacial score (nSPS) is 21.5. The lowest BCUT2D eigenvalue weighted by Crippen LogP contribution is -2.47. The summed E-state index contributed by atoms with van der Waals surface area (Å²) in [6.45, 7) is 1.16. The summed E-state index contributed by atoms with van der Waals surface area (Å²) in [5.41, 5.74) is -0.103. The second-order valence-corrected chi connectivity index (χ2v) is 15.0. The number of anilines is 1. The van der Waals surface area contributed by atoms with Gasteiger partial charge in [-0.1, -0.05) is 6.07 Å². The maximum atomic E-state index is 13.3. The monoisotopic (exact) mass is 624 g/mol. The van der Waals surface area contributed by atoms with Crippen LogP contribution in [0.4, 0.5) is 5.69 Å². The molecule has 2 atom stereocenters. The Kier molecular flexibility index (Phi) is 8.81. The van der Waals surface area contributed by atoms with Gasteiger partial charge in [0.05, 0.1) is 27.7 Å². The molecule has 15 heteroatoms. The van der Waals surface area contributed by atoms with Crippen molar-refractivity contribution in [2.45, 2.75) is 46.8 Å². The number of hydrogen-bond acceptors (Lipinski definition) is 10. The number of carbonyl (C=O) groups is 1. The number of benzene rings is 2. The molecule has 2 aromatic carbocycles. The second-order valence-electron chi connectivity index (χ2n) is 10.9. The van der Waals surface area contributed by atoms with Gasteiger partial charge in [0.25, 0.3) is 5.91 Å². The minimum absolute atomic E-state index is 0.0133. The number of aliphatic hydroxyl groups is 1. The van der Waals surface area contributed by atoms with Crippen molar-refractivity contribution in [1.29, 1.82) is 0 Å². The van der Waals surface area contributed by atoms with Crippen LogP contribution in [0.5, 0.6) is 11.5 Å². The standard InChI is InChI=1S/C27H36N4O9S2/c1-30(2)41(34,35)22-5-3-4-21(12-22)38-17-20(32)15-28-19-14-27(40-16-19)8-10-31(11-9-27)42(36,37)23-6-7-25-24(13-23)29-26(33)18-39-25/h3-7,12-13,19-20,28,32H,8-11,14-18H2,1-2H3,(H,29,33). The lowest BCUT2D eigenvalue weighted by atomic mass is 9.88. The third-order valence-corrected chi connectivity index (χ3v) is 11.4. The van der Waals surface area contributed by atoms with Gasteiger partial charge >= 0.3 is 0 Å². The molecule has 1 amide bonds. The number of nitrogens with one attached hydrogen (secondary N) is 2. The molecule has 2 fully saturated rings. The van der Waals surface area contributed by atoms with Crippen LogP contribution in [0.2, 0.25) is 0 Å². The van der Waals surface area contributed by atoms with E-state index in [1.54, 1.807) is 18.2 Å². The van der Waals surface area contributed by atoms with Gasteiger partial charge in [0.1, 0.15) is 24.2 Å². The Balaban J connectivity index is 1.09. The highest BCUT2D eigenvalue weighted by molar-refractivity contribution is 7.89. The Morgan fingerprint density at radius 1 is 1.14 bits per heavy atom. The van der Waals surface area contributed by atoms with E-state index in [1.807, 2.05) is 0 Å². The minimum atomic E-state index is -3.77. The van der Waals surface area contributed by atoms with E-state index in [4.69, 9.17) is 14.2 Å². The van der Waals surface area contributed by atoms with Crippen molar-refractivity contribution < 1.29 is 40.9 Å². The van der Waals surface area contributed by atoms with Gasteiger partial charge < -0.3 is 30.0 Å². The zero-order chi connectivity index (χ0) is 30.1. The summed E-state index contributed by atoms with van der Waals surface area (Å²) >= 11 is 0. The van der Waals surface area contributed by atoms with Crippen molar-refractivity contribution >= 4 is 31.6 Å². The molecule has 2 unspecified atom stereocenters. The first kappa shape index (κ1) is 30.7. The predicted octanol–water partition coefficient (Wildman–Crippen LogP) is 0.610. The van der Waals surface area contributed by atoms with E-state index in [0.717, 1.165) is 4.31 Å². The fourth-order valence-electron chi connectivity index (χ4n) is 5.32. The number of ether oxygens (including phenoxy) is 3. The summed E-state index contributed by atoms with van der Waals surface area (Å²) in [5, 5.41) is 16.4. The Bertz CT molecular complexity index is 1520. The van der Waals surface area contributed by atoms with E-state index >= 15 is 0 Å². The molecule has 0 aliphatic carbocycles. The van der Waals surface area contributed by atoms with Crippen LogP contribution in [0, 0.1) is 0 Å². The van der Waals surface area contributed by atoms with Crippen LogP contribution >= 0.6 is 0 Å². The number of amides is 1. The van der Waals surface area contributed by atoms with Gasteiger partial charge in [-0.05, 0) is 49.6 Å². The lowest BCUT2D eigenvalue weighted by molar-refractivity contribution is -0.118. The molecule has 0 aromatic heterocycles. The molecule has 42 heavy (non-hydrogen) atoms. The fourth-order valence-corrected chi connectivity index (χ4v) is 7.72. The van der Waals surface area contributed by atoms with E-state index in [0.29, 0.717) is 56.1 Å². The molecule has 5 rings (SSSR count). The van der Waals surface area contributed by atoms with Gasteiger partial charge in [-0.15, -0.1) is 0 Å². The van der Waals surface area contributed by atoms with Gasteiger partial charge in [0, 0.05) is 45.8 Å². The van der Waals surface area contributed by atoms with E-state index < -0.39 is 31.8 Å². The molecule has 13 nitrogen and oxygen atoms in total. The third kappa shape index (κ3) is 6.56. The summed E-state index contributed by atoms with van der Waals surface area (Å²) in [5.74, 6) is 0.447. The first-order chi connectivity index (χ1) is 19.9. The summed E-state index contributed by atoms with van der Waals surface area (Å²) < 4.78 is 71.0. The molecular formula is C27H36N4O9S2. The van der Waals surface area contributed by atoms with Crippen molar-refractivity contribution in [1.82, 2.24) is 13.9 Å². The number of nitrogens with zero attached hydrogens (tertiary/aromatic N) is 2. The van der Waals surface area contributed by atoms with Crippen LogP contribution in [0.1, 0.15) is 19.3 Å². The molecule has 1 spiro atoms. The summed E-state index contributed by atoms with van der Waals surface area (Å²) in [4.78, 5) is 11.8. The zero-order valence-corrected chi connectivity index (χ0v) is 25.1. The van der Waals surface area contributed by atoms with E-state index in [9.17, 15) is 26.7 Å². The summed E-state index contributed by atoms with van der Waals surface area (Å²) in [7, 11) is -4.45. The van der Waals surface area contributed by atoms with Crippen molar-refractivity contribution in [3.8, 4) is 11.5 Å². The highest BCUT2D eigenvalue weighted by Gasteiger charge is 2.45. The van der Waals surface area contributed by atoms with Crippen LogP contribution in [0.3, 0.4) is 0 Å². The molecule has 3 N–H and O–H groups in total. The highest BCUT2D eigenvalue weighted by atomic mass is 32.2. The molecular weight excluding hydrogens is 588 g/mol. The quantitative estimate of drug-likeness (QED) is 0.341. The Morgan fingerprint density at radius 3 is 2.64 bits per heavy atom. The van der Waals surface area contributed by atoms with Gasteiger partial charge in [0.15, 0.2) is 6.61 Å². The van der Waals surface area contributed by atoms with E-state index in [1.165, 1.54) is 42.7 Å². The number of rotatable bonds is 10. The number of aliphatic hydroxyl groups excluding tert-OH is 1. The Morgan fingerprint density at radius 2 is 1.90 bits per heavy atom. The number of fused-ring (bicyclic) bond motifs is 1. The van der Waals surface area contributed by atoms with Crippen molar-refractivity contribution in [3.63, 3.8) is 0 Å². The first-order valence-corrected chi connectivity index (χ1v) is 16.5. The van der Waals surface area contributed by atoms with Gasteiger partial charge in [-0.25, -0.2) is 21.1 Å². The summed E-state index contributed by atoms with van der Waals surface area (Å²) in [6.07, 6.45) is 0.913. The molecule has 0 saturated carbocycles. The van der Waals surface area contributed by atoms with Crippen molar-refractivity contribution in [3.05, 3.63) is 42.5 Å². The molecule has 3 aliphatic heterocycles. The molecule has 230 valence electrons. The van der Waals surface area contributed by atoms with Gasteiger partial charge in [0.2, 0.25) is 20.0 Å². The second kappa shape index (κ2) is 12.1. The summed E-state index contributed by atoms with van der Waals surface area (Å²) in [6, 6.07) is 10.6. The zero-order valence-electron chi connectivity index (χ0n) is 23.5. The average molecular weight is 625 g/mol. The third-order valence-electron chi connectivity index (χ3n) is 7.73. The van der Waals surface area contributed by atoms with E-state index in [-0.39, 0.29) is 41.5 Å². The number of piperidine rings is 1.